The van der Waals surface area contributed by atoms with Gasteiger partial charge in [-0.25, -0.2) is 13.6 Å². The van der Waals surface area contributed by atoms with E-state index in [-0.39, 0.29) is 5.16 Å². The minimum atomic E-state index is -3.92. The molecule has 0 spiro atoms. The lowest BCUT2D eigenvalue weighted by molar-refractivity contribution is 0.185. The molecule has 2 rings (SSSR count). The number of sulfonamides is 1. The van der Waals surface area contributed by atoms with Crippen LogP contribution in [-0.4, -0.2) is 36.9 Å². The summed E-state index contributed by atoms with van der Waals surface area (Å²) in [6.45, 7) is 0.639. The molecule has 0 saturated carbocycles. The second kappa shape index (κ2) is 5.67. The maximum Gasteiger partial charge on any atom is 0.273 e. The molecule has 0 unspecified atom stereocenters. The Morgan fingerprint density at radius 3 is 2.74 bits per heavy atom. The number of primary sulfonamides is 1. The van der Waals surface area contributed by atoms with Gasteiger partial charge < -0.3 is 4.74 Å². The lowest BCUT2D eigenvalue weighted by Gasteiger charge is -2.07. The van der Waals surface area contributed by atoms with Crippen LogP contribution in [-0.2, 0) is 21.3 Å². The average Bonchev–Trinajstić information content (AvgIpc) is 2.91. The van der Waals surface area contributed by atoms with Crippen molar-refractivity contribution in [2.45, 2.75) is 11.7 Å². The van der Waals surface area contributed by atoms with Crippen molar-refractivity contribution in [3.8, 4) is 10.7 Å². The summed E-state index contributed by atoms with van der Waals surface area (Å²) in [5.41, 5.74) is 0. The molecule has 0 fully saturated rings. The Morgan fingerprint density at radius 1 is 1.47 bits per heavy atom. The smallest absolute Gasteiger partial charge is 0.273 e. The highest BCUT2D eigenvalue weighted by atomic mass is 79.9. The number of thiophene rings is 1. The molecular formula is C9H11BrN4O3S2. The maximum atomic E-state index is 11.5. The van der Waals surface area contributed by atoms with Crippen LogP contribution in [0.1, 0.15) is 0 Å². The third kappa shape index (κ3) is 3.20. The molecule has 19 heavy (non-hydrogen) atoms. The normalized spacial score (nSPS) is 11.9. The number of nitrogens with two attached hydrogens (primary N) is 1. The zero-order valence-electron chi connectivity index (χ0n) is 9.91. The van der Waals surface area contributed by atoms with Crippen LogP contribution in [0.2, 0.25) is 0 Å². The van der Waals surface area contributed by atoms with E-state index in [4.69, 9.17) is 9.88 Å². The first-order chi connectivity index (χ1) is 8.93. The minimum absolute atomic E-state index is 0.260. The predicted octanol–water partition coefficient (Wildman–Crippen LogP) is 1.06. The molecule has 0 bridgehead atoms. The van der Waals surface area contributed by atoms with E-state index < -0.39 is 10.0 Å². The van der Waals surface area contributed by atoms with Gasteiger partial charge in [0.25, 0.3) is 15.2 Å². The lowest BCUT2D eigenvalue weighted by Crippen LogP contribution is -2.20. The van der Waals surface area contributed by atoms with Crippen LogP contribution in [0.3, 0.4) is 0 Å². The molecule has 0 aromatic carbocycles. The van der Waals surface area contributed by atoms with Gasteiger partial charge in [-0.05, 0) is 28.1 Å². The first-order valence-corrected chi connectivity index (χ1v) is 8.29. The van der Waals surface area contributed by atoms with Gasteiger partial charge in [-0.3, -0.25) is 4.57 Å². The molecule has 0 radical (unpaired) electrons. The fourth-order valence-corrected chi connectivity index (χ4v) is 3.52. The molecule has 0 atom stereocenters. The second-order valence-corrected chi connectivity index (χ2v) is 7.52. The summed E-state index contributed by atoms with van der Waals surface area (Å²) in [5.74, 6) is 0.455. The van der Waals surface area contributed by atoms with Gasteiger partial charge in [0.05, 0.1) is 21.8 Å². The van der Waals surface area contributed by atoms with E-state index in [9.17, 15) is 8.42 Å². The van der Waals surface area contributed by atoms with E-state index in [0.29, 0.717) is 19.0 Å². The number of hydrogen-bond acceptors (Lipinski definition) is 6. The van der Waals surface area contributed by atoms with Crippen molar-refractivity contribution < 1.29 is 13.2 Å². The Balaban J connectivity index is 2.52. The molecule has 104 valence electrons. The molecule has 10 heteroatoms. The molecule has 2 aromatic rings. The molecule has 7 nitrogen and oxygen atoms in total. The van der Waals surface area contributed by atoms with E-state index in [2.05, 4.69) is 26.1 Å². The van der Waals surface area contributed by atoms with Crippen LogP contribution < -0.4 is 5.14 Å². The molecule has 2 N–H and O–H groups in total. The largest absolute Gasteiger partial charge is 0.383 e. The van der Waals surface area contributed by atoms with E-state index in [0.717, 1.165) is 8.66 Å². The Kier molecular flexibility index (Phi) is 4.36. The van der Waals surface area contributed by atoms with Crippen molar-refractivity contribution in [2.24, 2.45) is 5.14 Å². The van der Waals surface area contributed by atoms with E-state index in [1.54, 1.807) is 0 Å². The van der Waals surface area contributed by atoms with Crippen molar-refractivity contribution in [3.63, 3.8) is 0 Å². The number of rotatable bonds is 5. The van der Waals surface area contributed by atoms with Gasteiger partial charge in [0.15, 0.2) is 5.82 Å². The second-order valence-electron chi connectivity index (χ2n) is 3.60. The molecular weight excluding hydrogens is 356 g/mol. The Labute approximate surface area is 122 Å². The summed E-state index contributed by atoms with van der Waals surface area (Å²) in [6, 6.07) is 3.68. The zero-order chi connectivity index (χ0) is 14.0. The summed E-state index contributed by atoms with van der Waals surface area (Å²) >= 11 is 4.78. The van der Waals surface area contributed by atoms with E-state index in [1.807, 2.05) is 12.1 Å². The number of halogens is 1. The third-order valence-corrected chi connectivity index (χ3v) is 4.71. The first kappa shape index (κ1) is 14.6. The van der Waals surface area contributed by atoms with Crippen LogP contribution in [0.15, 0.2) is 21.1 Å². The van der Waals surface area contributed by atoms with Crippen molar-refractivity contribution in [2.75, 3.05) is 13.7 Å². The number of aromatic nitrogens is 3. The topological polar surface area (TPSA) is 100 Å². The van der Waals surface area contributed by atoms with Gasteiger partial charge in [-0.1, -0.05) is 0 Å². The number of methoxy groups -OCH3 is 1. The average molecular weight is 367 g/mol. The fourth-order valence-electron chi connectivity index (χ4n) is 1.50. The van der Waals surface area contributed by atoms with E-state index >= 15 is 0 Å². The predicted molar refractivity (Wildman–Crippen MR) is 74.3 cm³/mol. The molecule has 0 aliphatic rings. The van der Waals surface area contributed by atoms with Gasteiger partial charge in [0.1, 0.15) is 0 Å². The highest BCUT2D eigenvalue weighted by molar-refractivity contribution is 9.11. The molecule has 2 heterocycles. The van der Waals surface area contributed by atoms with Gasteiger partial charge >= 0.3 is 0 Å². The van der Waals surface area contributed by atoms with Crippen LogP contribution in [0, 0.1) is 0 Å². The molecule has 0 saturated heterocycles. The third-order valence-electron chi connectivity index (χ3n) is 2.28. The fraction of sp³-hybridized carbons (Fsp3) is 0.333. The van der Waals surface area contributed by atoms with Crippen LogP contribution in [0.25, 0.3) is 10.7 Å². The van der Waals surface area contributed by atoms with Crippen LogP contribution >= 0.6 is 27.3 Å². The van der Waals surface area contributed by atoms with Crippen LogP contribution in [0.4, 0.5) is 0 Å². The minimum Gasteiger partial charge on any atom is -0.383 e. The summed E-state index contributed by atoms with van der Waals surface area (Å²) in [5, 5.41) is 12.4. The molecule has 2 aromatic heterocycles. The zero-order valence-corrected chi connectivity index (χ0v) is 13.1. The number of hydrogen-bond donors (Lipinski definition) is 1. The van der Waals surface area contributed by atoms with Gasteiger partial charge in [-0.2, -0.15) is 0 Å². The molecule has 0 aliphatic heterocycles. The Bertz CT molecular complexity index is 679. The summed E-state index contributed by atoms with van der Waals surface area (Å²) < 4.78 is 30.3. The SMILES string of the molecule is COCCn1c(-c2ccc(Br)s2)nnc1S(N)(=O)=O. The Morgan fingerprint density at radius 2 is 2.21 bits per heavy atom. The van der Waals surface area contributed by atoms with Crippen molar-refractivity contribution in [3.05, 3.63) is 15.9 Å². The van der Waals surface area contributed by atoms with Crippen molar-refractivity contribution in [1.82, 2.24) is 14.8 Å². The first-order valence-electron chi connectivity index (χ1n) is 5.14. The van der Waals surface area contributed by atoms with Crippen molar-refractivity contribution in [1.29, 1.82) is 0 Å². The number of nitrogens with zero attached hydrogens (tertiary/aromatic N) is 3. The van der Waals surface area contributed by atoms with Crippen LogP contribution in [0.5, 0.6) is 0 Å². The summed E-state index contributed by atoms with van der Waals surface area (Å²) in [7, 11) is -2.39. The summed E-state index contributed by atoms with van der Waals surface area (Å²) in [4.78, 5) is 0.797. The number of ether oxygens (including phenoxy) is 1. The maximum absolute atomic E-state index is 11.5. The van der Waals surface area contributed by atoms with Gasteiger partial charge in [-0.15, -0.1) is 21.5 Å². The monoisotopic (exact) mass is 366 g/mol. The Hall–Kier alpha value is -0.810. The van der Waals surface area contributed by atoms with Crippen molar-refractivity contribution >= 4 is 37.3 Å². The molecule has 0 aliphatic carbocycles. The summed E-state index contributed by atoms with van der Waals surface area (Å²) in [6.07, 6.45) is 0. The van der Waals surface area contributed by atoms with Gasteiger partial charge in [0, 0.05) is 7.11 Å². The highest BCUT2D eigenvalue weighted by Crippen LogP contribution is 2.30. The standard InChI is InChI=1S/C9H11BrN4O3S2/c1-17-5-4-14-8(6-2-3-7(10)18-6)12-13-9(14)19(11,15)16/h2-3H,4-5H2,1H3,(H2,11,15,16). The van der Waals surface area contributed by atoms with Gasteiger partial charge in [0.2, 0.25) is 0 Å². The molecule has 0 amide bonds. The lowest BCUT2D eigenvalue weighted by atomic mass is 10.4. The highest BCUT2D eigenvalue weighted by Gasteiger charge is 2.22. The van der Waals surface area contributed by atoms with E-state index in [1.165, 1.54) is 23.0 Å². The quantitative estimate of drug-likeness (QED) is 0.852.